The summed E-state index contributed by atoms with van der Waals surface area (Å²) >= 11 is 5.40. The summed E-state index contributed by atoms with van der Waals surface area (Å²) in [6.45, 7) is 0.501. The number of rotatable bonds is 4. The molecule has 13 heavy (non-hydrogen) atoms. The van der Waals surface area contributed by atoms with Gasteiger partial charge in [0.05, 0.1) is 23.9 Å². The van der Waals surface area contributed by atoms with Crippen molar-refractivity contribution in [3.05, 3.63) is 34.5 Å². The Balaban J connectivity index is 2.59. The number of halogens is 1. The number of aromatic nitrogens is 2. The summed E-state index contributed by atoms with van der Waals surface area (Å²) in [6, 6.07) is 1.36. The van der Waals surface area contributed by atoms with Crippen molar-refractivity contribution >= 4 is 17.4 Å². The molecule has 0 aromatic carbocycles. The summed E-state index contributed by atoms with van der Waals surface area (Å²) in [5, 5.41) is 13.9. The smallest absolute Gasteiger partial charge is 0.358 e. The molecule has 5 nitrogen and oxygen atoms in total. The first-order valence-electron chi connectivity index (χ1n) is 3.63. The van der Waals surface area contributed by atoms with Crippen LogP contribution in [0.4, 0.5) is 5.82 Å². The van der Waals surface area contributed by atoms with Crippen molar-refractivity contribution in [3.8, 4) is 0 Å². The van der Waals surface area contributed by atoms with Crippen LogP contribution in [0.3, 0.4) is 0 Å². The third kappa shape index (κ3) is 2.87. The molecule has 0 spiro atoms. The standard InChI is InChI=1S/C7H8ClN3O2/c8-4-1-2-5-10-6-3-7(9-10)11(12)13/h1-3,6H,4-5H2. The van der Waals surface area contributed by atoms with Crippen LogP contribution in [0.1, 0.15) is 0 Å². The third-order valence-corrected chi connectivity index (χ3v) is 1.54. The predicted molar refractivity (Wildman–Crippen MR) is 48.7 cm³/mol. The Hall–Kier alpha value is -1.36. The van der Waals surface area contributed by atoms with Crippen molar-refractivity contribution < 1.29 is 4.92 Å². The second-order valence-electron chi connectivity index (χ2n) is 2.28. The van der Waals surface area contributed by atoms with Crippen LogP contribution in [-0.4, -0.2) is 20.6 Å². The molecular weight excluding hydrogens is 194 g/mol. The Morgan fingerprint density at radius 2 is 2.46 bits per heavy atom. The highest BCUT2D eigenvalue weighted by molar-refractivity contribution is 6.18. The molecule has 70 valence electrons. The highest BCUT2D eigenvalue weighted by Crippen LogP contribution is 2.04. The minimum Gasteiger partial charge on any atom is -0.358 e. The minimum atomic E-state index is -0.526. The maximum Gasteiger partial charge on any atom is 0.389 e. The second kappa shape index (κ2) is 4.61. The van der Waals surface area contributed by atoms with Gasteiger partial charge in [-0.05, 0) is 4.92 Å². The molecule has 0 aliphatic rings. The van der Waals surface area contributed by atoms with Gasteiger partial charge < -0.3 is 10.1 Å². The Morgan fingerprint density at radius 1 is 1.69 bits per heavy atom. The number of nitrogens with zero attached hydrogens (tertiary/aromatic N) is 3. The molecule has 1 heterocycles. The molecule has 6 heteroatoms. The van der Waals surface area contributed by atoms with Gasteiger partial charge in [0.25, 0.3) is 0 Å². The SMILES string of the molecule is O=[N+]([O-])c1ccn(CC=CCCl)n1. The van der Waals surface area contributed by atoms with Gasteiger partial charge in [0.2, 0.25) is 0 Å². The van der Waals surface area contributed by atoms with Gasteiger partial charge in [-0.2, -0.15) is 4.68 Å². The molecule has 0 fully saturated rings. The van der Waals surface area contributed by atoms with E-state index in [1.807, 2.05) is 0 Å². The molecule has 0 atom stereocenters. The van der Waals surface area contributed by atoms with Crippen molar-refractivity contribution in [2.45, 2.75) is 6.54 Å². The van der Waals surface area contributed by atoms with Gasteiger partial charge in [0, 0.05) is 5.88 Å². The largest absolute Gasteiger partial charge is 0.389 e. The Kier molecular flexibility index (Phi) is 3.45. The van der Waals surface area contributed by atoms with Crippen molar-refractivity contribution in [1.29, 1.82) is 0 Å². The lowest BCUT2D eigenvalue weighted by Crippen LogP contribution is -1.97. The number of allylic oxidation sites excluding steroid dienone is 2. The topological polar surface area (TPSA) is 61.0 Å². The van der Waals surface area contributed by atoms with Crippen molar-refractivity contribution in [2.75, 3.05) is 5.88 Å². The van der Waals surface area contributed by atoms with Gasteiger partial charge in [-0.25, -0.2) is 0 Å². The lowest BCUT2D eigenvalue weighted by molar-refractivity contribution is -0.389. The predicted octanol–water partition coefficient (Wildman–Crippen LogP) is 1.59. The maximum absolute atomic E-state index is 10.2. The summed E-state index contributed by atoms with van der Waals surface area (Å²) in [6.07, 6.45) is 5.11. The monoisotopic (exact) mass is 201 g/mol. The average Bonchev–Trinajstić information content (AvgIpc) is 2.53. The van der Waals surface area contributed by atoms with Crippen LogP contribution in [-0.2, 0) is 6.54 Å². The van der Waals surface area contributed by atoms with Crippen molar-refractivity contribution in [3.63, 3.8) is 0 Å². The van der Waals surface area contributed by atoms with Gasteiger partial charge >= 0.3 is 5.82 Å². The molecule has 0 saturated heterocycles. The minimum absolute atomic E-state index is 0.140. The number of alkyl halides is 1. The van der Waals surface area contributed by atoms with Crippen molar-refractivity contribution in [2.24, 2.45) is 0 Å². The third-order valence-electron chi connectivity index (χ3n) is 1.36. The van der Waals surface area contributed by atoms with E-state index < -0.39 is 4.92 Å². The summed E-state index contributed by atoms with van der Waals surface area (Å²) in [7, 11) is 0. The van der Waals surface area contributed by atoms with Gasteiger partial charge in [-0.3, -0.25) is 0 Å². The number of hydrogen-bond acceptors (Lipinski definition) is 3. The van der Waals surface area contributed by atoms with E-state index >= 15 is 0 Å². The summed E-state index contributed by atoms with van der Waals surface area (Å²) in [5.74, 6) is 0.294. The summed E-state index contributed by atoms with van der Waals surface area (Å²) < 4.78 is 1.47. The zero-order chi connectivity index (χ0) is 9.68. The Bertz CT molecular complexity index is 321. The van der Waals surface area contributed by atoms with Crippen LogP contribution in [0.25, 0.3) is 0 Å². The van der Waals surface area contributed by atoms with E-state index in [9.17, 15) is 10.1 Å². The van der Waals surface area contributed by atoms with Crippen molar-refractivity contribution in [1.82, 2.24) is 9.78 Å². The molecule has 1 rings (SSSR count). The van der Waals surface area contributed by atoms with Gasteiger partial charge in [0.15, 0.2) is 0 Å². The molecule has 1 aromatic rings. The Morgan fingerprint density at radius 3 is 3.00 bits per heavy atom. The van der Waals surface area contributed by atoms with E-state index in [1.165, 1.54) is 10.7 Å². The quantitative estimate of drug-likeness (QED) is 0.322. The second-order valence-corrected chi connectivity index (χ2v) is 2.59. The highest BCUT2D eigenvalue weighted by atomic mass is 35.5. The fraction of sp³-hybridized carbons (Fsp3) is 0.286. The fourth-order valence-corrected chi connectivity index (χ4v) is 0.922. The highest BCUT2D eigenvalue weighted by Gasteiger charge is 2.08. The van der Waals surface area contributed by atoms with Crippen LogP contribution < -0.4 is 0 Å². The lowest BCUT2D eigenvalue weighted by Gasteiger charge is -1.87. The number of nitro groups is 1. The zero-order valence-electron chi connectivity index (χ0n) is 6.76. The molecule has 0 bridgehead atoms. The molecule has 0 aliphatic carbocycles. The van der Waals surface area contributed by atoms with Crippen LogP contribution in [0.5, 0.6) is 0 Å². The van der Waals surface area contributed by atoms with E-state index in [4.69, 9.17) is 11.6 Å². The van der Waals surface area contributed by atoms with Gasteiger partial charge in [0.1, 0.15) is 0 Å². The van der Waals surface area contributed by atoms with Crippen LogP contribution in [0.15, 0.2) is 24.4 Å². The van der Waals surface area contributed by atoms with Gasteiger partial charge in [-0.15, -0.1) is 11.6 Å². The maximum atomic E-state index is 10.2. The van der Waals surface area contributed by atoms with Crippen LogP contribution >= 0.6 is 11.6 Å². The first-order valence-corrected chi connectivity index (χ1v) is 4.16. The molecule has 0 amide bonds. The van der Waals surface area contributed by atoms with E-state index in [0.29, 0.717) is 12.4 Å². The molecular formula is C7H8ClN3O2. The molecule has 1 aromatic heterocycles. The van der Waals surface area contributed by atoms with Crippen LogP contribution in [0, 0.1) is 10.1 Å². The van der Waals surface area contributed by atoms with Crippen LogP contribution in [0.2, 0.25) is 0 Å². The molecule has 0 N–H and O–H groups in total. The Labute approximate surface area is 79.8 Å². The summed E-state index contributed by atoms with van der Waals surface area (Å²) in [5.41, 5.74) is 0. The van der Waals surface area contributed by atoms with E-state index in [2.05, 4.69) is 5.10 Å². The normalized spacial score (nSPS) is 10.8. The molecule has 0 aliphatic heterocycles. The zero-order valence-corrected chi connectivity index (χ0v) is 7.52. The molecule has 0 unspecified atom stereocenters. The van der Waals surface area contributed by atoms with E-state index in [0.717, 1.165) is 0 Å². The van der Waals surface area contributed by atoms with E-state index in [-0.39, 0.29) is 5.82 Å². The fourth-order valence-electron chi connectivity index (χ4n) is 0.796. The first kappa shape index (κ1) is 9.73. The lowest BCUT2D eigenvalue weighted by atomic mass is 10.5. The van der Waals surface area contributed by atoms with E-state index in [1.54, 1.807) is 18.3 Å². The first-order chi connectivity index (χ1) is 6.24. The molecule has 0 radical (unpaired) electrons. The van der Waals surface area contributed by atoms with Gasteiger partial charge in [-0.1, -0.05) is 12.2 Å². The molecule has 0 saturated carbocycles. The average molecular weight is 202 g/mol. The summed E-state index contributed by atoms with van der Waals surface area (Å²) in [4.78, 5) is 9.71. The number of hydrogen-bond donors (Lipinski definition) is 0.